The Hall–Kier alpha value is -4.61. The van der Waals surface area contributed by atoms with Gasteiger partial charge in [0.1, 0.15) is 16.7 Å². The summed E-state index contributed by atoms with van der Waals surface area (Å²) in [6.07, 6.45) is 0. The Kier molecular flexibility index (Phi) is 5.17. The molecule has 0 saturated carbocycles. The van der Waals surface area contributed by atoms with Crippen LogP contribution in [0.4, 0.5) is 0 Å². The van der Waals surface area contributed by atoms with Crippen molar-refractivity contribution in [1.29, 1.82) is 5.26 Å². The summed E-state index contributed by atoms with van der Waals surface area (Å²) in [4.78, 5) is 14.9. The first-order chi connectivity index (χ1) is 17.2. The van der Waals surface area contributed by atoms with Crippen LogP contribution in [0.5, 0.6) is 0 Å². The summed E-state index contributed by atoms with van der Waals surface area (Å²) >= 11 is 1.47. The van der Waals surface area contributed by atoms with E-state index in [4.69, 9.17) is 0 Å². The van der Waals surface area contributed by atoms with Gasteiger partial charge in [-0.05, 0) is 17.2 Å². The van der Waals surface area contributed by atoms with Crippen molar-refractivity contribution in [1.82, 2.24) is 24.7 Å². The molecule has 168 valence electrons. The highest BCUT2D eigenvalue weighted by Crippen LogP contribution is 2.44. The van der Waals surface area contributed by atoms with E-state index in [1.54, 1.807) is 12.1 Å². The monoisotopic (exact) mass is 474 g/mol. The van der Waals surface area contributed by atoms with Gasteiger partial charge in [-0.15, -0.1) is 10.2 Å². The lowest BCUT2D eigenvalue weighted by Gasteiger charge is -2.24. The van der Waals surface area contributed by atoms with Crippen molar-refractivity contribution in [3.8, 4) is 6.07 Å². The molecule has 0 amide bonds. The highest BCUT2D eigenvalue weighted by molar-refractivity contribution is 8.06. The van der Waals surface area contributed by atoms with Crippen LogP contribution in [0.25, 0.3) is 27.7 Å². The molecule has 1 N–H and O–H groups in total. The second kappa shape index (κ2) is 8.63. The van der Waals surface area contributed by atoms with Gasteiger partial charge in [0, 0.05) is 17.3 Å². The molecule has 6 rings (SSSR count). The molecule has 0 aliphatic carbocycles. The summed E-state index contributed by atoms with van der Waals surface area (Å²) in [6, 6.07) is 29.8. The van der Waals surface area contributed by atoms with Gasteiger partial charge in [-0.2, -0.15) is 5.26 Å². The minimum absolute atomic E-state index is 0.264. The van der Waals surface area contributed by atoms with Crippen LogP contribution in [0.2, 0.25) is 0 Å². The van der Waals surface area contributed by atoms with Crippen molar-refractivity contribution in [2.75, 3.05) is 0 Å². The molecule has 0 spiro atoms. The minimum atomic E-state index is -0.264. The third-order valence-electron chi connectivity index (χ3n) is 5.91. The van der Waals surface area contributed by atoms with Crippen LogP contribution in [0.15, 0.2) is 100 Å². The molecule has 0 bridgehead atoms. The van der Waals surface area contributed by atoms with Crippen molar-refractivity contribution in [2.24, 2.45) is 0 Å². The van der Waals surface area contributed by atoms with E-state index in [2.05, 4.69) is 50.5 Å². The van der Waals surface area contributed by atoms with Crippen molar-refractivity contribution in [3.63, 3.8) is 0 Å². The summed E-state index contributed by atoms with van der Waals surface area (Å²) in [5.41, 5.74) is 3.73. The first-order valence-electron chi connectivity index (χ1n) is 11.0. The fourth-order valence-electron chi connectivity index (χ4n) is 4.26. The van der Waals surface area contributed by atoms with Crippen LogP contribution < -0.4 is 5.56 Å². The standard InChI is InChI=1S/C27H18N6OS/c28-15-22(25-30-29-24-20-13-7-8-14-21(20)26(34)31-33(24)25)27-32(16-18-9-3-1-4-10-18)23(17-35-27)19-11-5-2-6-12-19/h1-14,17H,16H2,(H,31,34)/b27-22+. The Balaban J connectivity index is 1.54. The summed E-state index contributed by atoms with van der Waals surface area (Å²) in [6.45, 7) is 0.575. The maximum atomic E-state index is 12.8. The number of rotatable bonds is 4. The fourth-order valence-corrected chi connectivity index (χ4v) is 5.29. The lowest BCUT2D eigenvalue weighted by molar-refractivity contribution is 0.521. The maximum Gasteiger partial charge on any atom is 0.270 e. The van der Waals surface area contributed by atoms with Gasteiger partial charge in [-0.1, -0.05) is 90.6 Å². The maximum absolute atomic E-state index is 12.8. The number of nitrogens with zero attached hydrogens (tertiary/aromatic N) is 5. The number of nitrogens with one attached hydrogen (secondary N) is 1. The molecule has 8 heteroatoms. The fraction of sp³-hybridized carbons (Fsp3) is 0.0370. The van der Waals surface area contributed by atoms with Crippen LogP contribution >= 0.6 is 11.8 Å². The quantitative estimate of drug-likeness (QED) is 0.368. The SMILES string of the molecule is N#C/C(=C1\SC=C(c2ccccc2)N1Cc1ccccc1)c1nnc2c3ccccc3c(=O)[nH]n12. The van der Waals surface area contributed by atoms with Gasteiger partial charge in [-0.3, -0.25) is 9.89 Å². The summed E-state index contributed by atoms with van der Waals surface area (Å²) in [5, 5.41) is 25.8. The molecule has 0 radical (unpaired) electrons. The number of thioether (sulfide) groups is 1. The minimum Gasteiger partial charge on any atom is -0.329 e. The van der Waals surface area contributed by atoms with Gasteiger partial charge in [0.2, 0.25) is 0 Å². The third kappa shape index (κ3) is 3.59. The molecular weight excluding hydrogens is 456 g/mol. The molecule has 0 unspecified atom stereocenters. The predicted molar refractivity (Wildman–Crippen MR) is 138 cm³/mol. The molecule has 2 aromatic heterocycles. The summed E-state index contributed by atoms with van der Waals surface area (Å²) < 4.78 is 1.51. The van der Waals surface area contributed by atoms with Crippen molar-refractivity contribution in [3.05, 3.63) is 123 Å². The van der Waals surface area contributed by atoms with Crippen LogP contribution in [-0.4, -0.2) is 24.7 Å². The van der Waals surface area contributed by atoms with Crippen LogP contribution in [-0.2, 0) is 6.54 Å². The van der Waals surface area contributed by atoms with E-state index in [0.29, 0.717) is 34.4 Å². The number of H-pyrrole nitrogens is 1. The molecule has 3 heterocycles. The third-order valence-corrected chi connectivity index (χ3v) is 6.90. The number of aromatic amines is 1. The smallest absolute Gasteiger partial charge is 0.270 e. The molecule has 0 atom stereocenters. The Labute approximate surface area is 204 Å². The molecule has 0 fully saturated rings. The van der Waals surface area contributed by atoms with Gasteiger partial charge in [0.25, 0.3) is 5.56 Å². The van der Waals surface area contributed by atoms with E-state index in [1.807, 2.05) is 53.9 Å². The second-order valence-electron chi connectivity index (χ2n) is 8.02. The topological polar surface area (TPSA) is 90.1 Å². The first-order valence-corrected chi connectivity index (χ1v) is 11.9. The molecular formula is C27H18N6OS. The lowest BCUT2D eigenvalue weighted by atomic mass is 10.1. The molecule has 1 aliphatic rings. The summed E-state index contributed by atoms with van der Waals surface area (Å²) in [5.74, 6) is 0.300. The van der Waals surface area contributed by atoms with Crippen molar-refractivity contribution < 1.29 is 0 Å². The number of hydrogen-bond acceptors (Lipinski definition) is 6. The van der Waals surface area contributed by atoms with Gasteiger partial charge >= 0.3 is 0 Å². The predicted octanol–water partition coefficient (Wildman–Crippen LogP) is 5.01. The molecule has 7 nitrogen and oxygen atoms in total. The highest BCUT2D eigenvalue weighted by atomic mass is 32.2. The van der Waals surface area contributed by atoms with E-state index < -0.39 is 0 Å². The summed E-state index contributed by atoms with van der Waals surface area (Å²) in [7, 11) is 0. The van der Waals surface area contributed by atoms with Crippen LogP contribution in [0.1, 0.15) is 17.0 Å². The Morgan fingerprint density at radius 1 is 0.914 bits per heavy atom. The number of aromatic nitrogens is 4. The molecule has 0 saturated heterocycles. The lowest BCUT2D eigenvalue weighted by Crippen LogP contribution is -2.19. The van der Waals surface area contributed by atoms with E-state index in [1.165, 1.54) is 16.3 Å². The van der Waals surface area contributed by atoms with E-state index in [0.717, 1.165) is 21.9 Å². The number of hydrogen-bond donors (Lipinski definition) is 1. The van der Waals surface area contributed by atoms with Gasteiger partial charge in [0.05, 0.1) is 11.1 Å². The van der Waals surface area contributed by atoms with Crippen LogP contribution in [0, 0.1) is 11.3 Å². The Morgan fingerprint density at radius 3 is 2.34 bits per heavy atom. The zero-order valence-corrected chi connectivity index (χ0v) is 19.2. The number of fused-ring (bicyclic) bond motifs is 3. The highest BCUT2D eigenvalue weighted by Gasteiger charge is 2.29. The Bertz CT molecular complexity index is 1730. The first kappa shape index (κ1) is 21.0. The zero-order chi connectivity index (χ0) is 23.8. The molecule has 3 aromatic carbocycles. The average molecular weight is 475 g/mol. The zero-order valence-electron chi connectivity index (χ0n) is 18.4. The van der Waals surface area contributed by atoms with Gasteiger partial charge in [0.15, 0.2) is 11.5 Å². The van der Waals surface area contributed by atoms with E-state index >= 15 is 0 Å². The van der Waals surface area contributed by atoms with E-state index in [-0.39, 0.29) is 5.56 Å². The normalized spacial score (nSPS) is 14.8. The number of allylic oxidation sites excluding steroid dienone is 1. The second-order valence-corrected chi connectivity index (χ2v) is 8.88. The molecule has 5 aromatic rings. The molecule has 1 aliphatic heterocycles. The van der Waals surface area contributed by atoms with Gasteiger partial charge < -0.3 is 4.90 Å². The molecule has 35 heavy (non-hydrogen) atoms. The van der Waals surface area contributed by atoms with Crippen molar-refractivity contribution in [2.45, 2.75) is 6.54 Å². The van der Waals surface area contributed by atoms with Crippen molar-refractivity contribution >= 4 is 39.5 Å². The Morgan fingerprint density at radius 2 is 1.60 bits per heavy atom. The number of nitriles is 1. The van der Waals surface area contributed by atoms with Crippen LogP contribution in [0.3, 0.4) is 0 Å². The van der Waals surface area contributed by atoms with E-state index in [9.17, 15) is 10.1 Å². The average Bonchev–Trinajstić information content (AvgIpc) is 3.51. The number of benzene rings is 3. The largest absolute Gasteiger partial charge is 0.329 e. The van der Waals surface area contributed by atoms with Gasteiger partial charge in [-0.25, -0.2) is 4.52 Å².